The number of amides is 1. The van der Waals surface area contributed by atoms with Crippen molar-refractivity contribution in [3.8, 4) is 5.75 Å². The van der Waals surface area contributed by atoms with E-state index in [0.717, 1.165) is 5.56 Å². The number of ether oxygens (including phenoxy) is 2. The number of methoxy groups -OCH3 is 1. The molecule has 0 radical (unpaired) electrons. The lowest BCUT2D eigenvalue weighted by Gasteiger charge is -2.17. The van der Waals surface area contributed by atoms with Crippen LogP contribution in [-0.4, -0.2) is 42.8 Å². The highest BCUT2D eigenvalue weighted by Crippen LogP contribution is 2.36. The van der Waals surface area contributed by atoms with Gasteiger partial charge in [-0.15, -0.1) is 0 Å². The molecule has 1 saturated carbocycles. The largest absolute Gasteiger partial charge is 0.496 e. The zero-order valence-corrected chi connectivity index (χ0v) is 15.9. The van der Waals surface area contributed by atoms with Gasteiger partial charge in [0.2, 0.25) is 6.54 Å². The van der Waals surface area contributed by atoms with E-state index in [1.54, 1.807) is 19.1 Å². The molecule has 28 heavy (non-hydrogen) atoms. The second-order valence-corrected chi connectivity index (χ2v) is 6.89. The quantitative estimate of drug-likeness (QED) is 0.382. The number of nitrogens with one attached hydrogen (secondary N) is 1. The minimum atomic E-state index is -0.732. The minimum Gasteiger partial charge on any atom is -0.496 e. The fourth-order valence-corrected chi connectivity index (χ4v) is 3.48. The van der Waals surface area contributed by atoms with Crippen LogP contribution in [0, 0.1) is 27.9 Å². The molecule has 0 heterocycles. The molecule has 1 fully saturated rings. The average molecular weight is 392 g/mol. The van der Waals surface area contributed by atoms with Crippen LogP contribution in [-0.2, 0) is 25.7 Å². The van der Waals surface area contributed by atoms with Crippen LogP contribution in [0.3, 0.4) is 0 Å². The molecule has 0 spiro atoms. The van der Waals surface area contributed by atoms with Crippen LogP contribution in [0.2, 0.25) is 0 Å². The van der Waals surface area contributed by atoms with E-state index in [4.69, 9.17) is 9.47 Å². The average Bonchev–Trinajstić information content (AvgIpc) is 2.91. The smallest absolute Gasteiger partial charge is 0.307 e. The Kier molecular flexibility index (Phi) is 7.48. The van der Waals surface area contributed by atoms with Crippen LogP contribution in [0.1, 0.15) is 25.3 Å². The highest BCUT2D eigenvalue weighted by molar-refractivity contribution is 5.88. The Hall–Kier alpha value is -2.97. The summed E-state index contributed by atoms with van der Waals surface area (Å²) in [7, 11) is 1.53. The SMILES string of the molecule is COc1ccccc1CNC(=O)COC(=O)C[C@H]1C(=O)C[C@H](C)[C@H]1C[N+](=O)[O-]. The summed E-state index contributed by atoms with van der Waals surface area (Å²) in [6.45, 7) is 1.14. The number of ketones is 1. The second-order valence-electron chi connectivity index (χ2n) is 6.89. The maximum Gasteiger partial charge on any atom is 0.307 e. The van der Waals surface area contributed by atoms with Crippen molar-refractivity contribution in [1.29, 1.82) is 0 Å². The van der Waals surface area contributed by atoms with E-state index in [2.05, 4.69) is 5.32 Å². The van der Waals surface area contributed by atoms with Crippen LogP contribution in [0.25, 0.3) is 0 Å². The summed E-state index contributed by atoms with van der Waals surface area (Å²) in [5.74, 6) is -2.12. The Morgan fingerprint density at radius 2 is 2.04 bits per heavy atom. The molecule has 1 N–H and O–H groups in total. The summed E-state index contributed by atoms with van der Waals surface area (Å²) >= 11 is 0. The molecule has 0 saturated heterocycles. The van der Waals surface area contributed by atoms with Crippen molar-refractivity contribution in [1.82, 2.24) is 5.32 Å². The van der Waals surface area contributed by atoms with Crippen LogP contribution in [0.15, 0.2) is 24.3 Å². The van der Waals surface area contributed by atoms with Crippen LogP contribution in [0.4, 0.5) is 0 Å². The summed E-state index contributed by atoms with van der Waals surface area (Å²) in [4.78, 5) is 46.3. The third-order valence-electron chi connectivity index (χ3n) is 4.96. The lowest BCUT2D eigenvalue weighted by molar-refractivity contribution is -0.490. The van der Waals surface area contributed by atoms with Gasteiger partial charge in [-0.3, -0.25) is 24.5 Å². The third-order valence-corrected chi connectivity index (χ3v) is 4.96. The fourth-order valence-electron chi connectivity index (χ4n) is 3.48. The number of carbonyl (C=O) groups is 3. The summed E-state index contributed by atoms with van der Waals surface area (Å²) in [5.41, 5.74) is 0.776. The topological polar surface area (TPSA) is 125 Å². The van der Waals surface area contributed by atoms with E-state index in [1.807, 2.05) is 12.1 Å². The maximum atomic E-state index is 12.0. The lowest BCUT2D eigenvalue weighted by atomic mass is 9.88. The van der Waals surface area contributed by atoms with E-state index in [0.29, 0.717) is 5.75 Å². The third kappa shape index (κ3) is 5.77. The Balaban J connectivity index is 1.80. The zero-order chi connectivity index (χ0) is 20.7. The van der Waals surface area contributed by atoms with Gasteiger partial charge < -0.3 is 14.8 Å². The first-order valence-corrected chi connectivity index (χ1v) is 9.00. The Bertz CT molecular complexity index is 750. The zero-order valence-electron chi connectivity index (χ0n) is 15.9. The van der Waals surface area contributed by atoms with E-state index < -0.39 is 35.2 Å². The summed E-state index contributed by atoms with van der Waals surface area (Å²) in [6.07, 6.45) is -0.0304. The minimum absolute atomic E-state index is 0.153. The standard InChI is InChI=1S/C19H24N2O7/c1-12-7-16(22)14(15(12)10-21(25)26)8-19(24)28-11-18(23)20-9-13-5-3-4-6-17(13)27-2/h3-6,12,14-15H,7-11H2,1-2H3,(H,20,23)/t12-,14+,15+/m0/s1. The number of rotatable bonds is 9. The Morgan fingerprint density at radius 3 is 2.71 bits per heavy atom. The normalized spacial score (nSPS) is 21.2. The van der Waals surface area contributed by atoms with Crippen molar-refractivity contribution in [2.45, 2.75) is 26.3 Å². The van der Waals surface area contributed by atoms with Crippen LogP contribution >= 0.6 is 0 Å². The van der Waals surface area contributed by atoms with Gasteiger partial charge in [0.05, 0.1) is 13.5 Å². The van der Waals surface area contributed by atoms with Gasteiger partial charge in [0.1, 0.15) is 11.5 Å². The number of para-hydroxylation sites is 1. The first kappa shape index (κ1) is 21.3. The van der Waals surface area contributed by atoms with E-state index in [9.17, 15) is 24.5 Å². The first-order chi connectivity index (χ1) is 13.3. The van der Waals surface area contributed by atoms with Gasteiger partial charge in [-0.05, 0) is 12.0 Å². The molecule has 1 aliphatic carbocycles. The van der Waals surface area contributed by atoms with Crippen LogP contribution < -0.4 is 10.1 Å². The first-order valence-electron chi connectivity index (χ1n) is 9.00. The van der Waals surface area contributed by atoms with Gasteiger partial charge in [-0.25, -0.2) is 0 Å². The van der Waals surface area contributed by atoms with Gasteiger partial charge in [-0.2, -0.15) is 0 Å². The summed E-state index contributed by atoms with van der Waals surface area (Å²) in [6, 6.07) is 7.18. The van der Waals surface area contributed by atoms with E-state index >= 15 is 0 Å². The fraction of sp³-hybridized carbons (Fsp3) is 0.526. The monoisotopic (exact) mass is 392 g/mol. The lowest BCUT2D eigenvalue weighted by Crippen LogP contribution is -2.30. The predicted molar refractivity (Wildman–Crippen MR) is 98.0 cm³/mol. The Morgan fingerprint density at radius 1 is 1.32 bits per heavy atom. The maximum absolute atomic E-state index is 12.0. The molecule has 1 amide bonds. The molecule has 1 aromatic rings. The molecule has 0 aliphatic heterocycles. The number of carbonyl (C=O) groups excluding carboxylic acids is 3. The van der Waals surface area contributed by atoms with Crippen molar-refractivity contribution in [3.63, 3.8) is 0 Å². The highest BCUT2D eigenvalue weighted by Gasteiger charge is 2.44. The van der Waals surface area contributed by atoms with Crippen LogP contribution in [0.5, 0.6) is 5.75 Å². The molecule has 3 atom stereocenters. The molecule has 2 rings (SSSR count). The van der Waals surface area contributed by atoms with Crippen molar-refractivity contribution < 1.29 is 28.8 Å². The number of hydrogen-bond donors (Lipinski definition) is 1. The molecular formula is C19H24N2O7. The van der Waals surface area contributed by atoms with Gasteiger partial charge in [-0.1, -0.05) is 25.1 Å². The molecule has 152 valence electrons. The molecule has 0 unspecified atom stereocenters. The van der Waals surface area contributed by atoms with E-state index in [1.165, 1.54) is 7.11 Å². The van der Waals surface area contributed by atoms with Gasteiger partial charge in [0.15, 0.2) is 6.61 Å². The highest BCUT2D eigenvalue weighted by atomic mass is 16.6. The van der Waals surface area contributed by atoms with Crippen molar-refractivity contribution in [2.24, 2.45) is 17.8 Å². The molecule has 0 bridgehead atoms. The van der Waals surface area contributed by atoms with Gasteiger partial charge in [0.25, 0.3) is 5.91 Å². The molecule has 9 heteroatoms. The molecule has 9 nitrogen and oxygen atoms in total. The summed E-state index contributed by atoms with van der Waals surface area (Å²) in [5, 5.41) is 13.4. The van der Waals surface area contributed by atoms with E-state index in [-0.39, 0.29) is 37.6 Å². The van der Waals surface area contributed by atoms with Crippen molar-refractivity contribution in [2.75, 3.05) is 20.3 Å². The van der Waals surface area contributed by atoms with Crippen molar-refractivity contribution >= 4 is 17.7 Å². The molecule has 1 aromatic carbocycles. The number of Topliss-reactive ketones (excluding diaryl/α,β-unsaturated/α-hetero) is 1. The predicted octanol–water partition coefficient (Wildman–Crippen LogP) is 1.36. The number of esters is 1. The Labute approximate surface area is 162 Å². The second kappa shape index (κ2) is 9.82. The summed E-state index contributed by atoms with van der Waals surface area (Å²) < 4.78 is 10.1. The molecular weight excluding hydrogens is 368 g/mol. The number of benzene rings is 1. The number of hydrogen-bond acceptors (Lipinski definition) is 7. The number of nitrogens with zero attached hydrogens (tertiary/aromatic N) is 1. The molecule has 1 aliphatic rings. The van der Waals surface area contributed by atoms with Crippen molar-refractivity contribution in [3.05, 3.63) is 39.9 Å². The number of nitro groups is 1. The van der Waals surface area contributed by atoms with Gasteiger partial charge in [0, 0.05) is 35.3 Å². The molecule has 0 aromatic heterocycles. The van der Waals surface area contributed by atoms with Gasteiger partial charge >= 0.3 is 5.97 Å².